The molecule has 98 valence electrons. The first-order chi connectivity index (χ1) is 8.63. The van der Waals surface area contributed by atoms with Gasteiger partial charge in [-0.2, -0.15) is 0 Å². The van der Waals surface area contributed by atoms with E-state index in [1.54, 1.807) is 16.8 Å². The molecule has 2 rings (SSSR count). The van der Waals surface area contributed by atoms with Gasteiger partial charge in [-0.1, -0.05) is 0 Å². The number of aliphatic hydroxyl groups excluding tert-OH is 1. The fourth-order valence-corrected chi connectivity index (χ4v) is 2.40. The molecule has 5 heteroatoms. The summed E-state index contributed by atoms with van der Waals surface area (Å²) >= 11 is 0. The van der Waals surface area contributed by atoms with Crippen LogP contribution in [0.2, 0.25) is 0 Å². The van der Waals surface area contributed by atoms with Gasteiger partial charge >= 0.3 is 5.97 Å². The van der Waals surface area contributed by atoms with Gasteiger partial charge in [-0.15, -0.1) is 0 Å². The summed E-state index contributed by atoms with van der Waals surface area (Å²) in [5, 5.41) is 9.46. The number of rotatable bonds is 2. The molecule has 18 heavy (non-hydrogen) atoms. The molecule has 1 heterocycles. The Hall–Kier alpha value is -1.62. The summed E-state index contributed by atoms with van der Waals surface area (Å²) in [7, 11) is 1.26. The Morgan fingerprint density at radius 2 is 2.06 bits per heavy atom. The Bertz CT molecular complexity index is 486. The number of carbonyl (C=O) groups is 1. The summed E-state index contributed by atoms with van der Waals surface area (Å²) < 4.78 is 6.17. The number of ether oxygens (including phenoxy) is 1. The molecule has 0 atom stereocenters. The molecule has 1 aliphatic rings. The van der Waals surface area contributed by atoms with E-state index >= 15 is 0 Å². The number of nitrogens with zero attached hydrogens (tertiary/aromatic N) is 1. The number of methoxy groups -OCH3 is 1. The second-order valence-electron chi connectivity index (χ2n) is 4.59. The molecule has 0 unspecified atom stereocenters. The van der Waals surface area contributed by atoms with Crippen LogP contribution in [-0.4, -0.2) is 28.9 Å². The summed E-state index contributed by atoms with van der Waals surface area (Å²) in [6.07, 6.45) is 4.33. The van der Waals surface area contributed by atoms with E-state index in [-0.39, 0.29) is 23.3 Å². The van der Waals surface area contributed by atoms with Crippen LogP contribution < -0.4 is 5.56 Å². The maximum Gasteiger partial charge on any atom is 0.343 e. The minimum Gasteiger partial charge on any atom is -0.465 e. The third-order valence-corrected chi connectivity index (χ3v) is 3.44. The minimum absolute atomic E-state index is 0.0607. The number of hydrogen-bond donors (Lipinski definition) is 1. The maximum absolute atomic E-state index is 12.1. The maximum atomic E-state index is 12.1. The van der Waals surface area contributed by atoms with Crippen molar-refractivity contribution in [1.29, 1.82) is 0 Å². The summed E-state index contributed by atoms with van der Waals surface area (Å²) in [5.41, 5.74) is -0.253. The zero-order valence-electron chi connectivity index (χ0n) is 10.3. The van der Waals surface area contributed by atoms with Gasteiger partial charge in [0.25, 0.3) is 5.56 Å². The number of carbonyl (C=O) groups excluding carboxylic acids is 1. The van der Waals surface area contributed by atoms with Crippen molar-refractivity contribution in [1.82, 2.24) is 4.57 Å². The number of pyridine rings is 1. The van der Waals surface area contributed by atoms with E-state index < -0.39 is 5.97 Å². The van der Waals surface area contributed by atoms with Gasteiger partial charge in [0.1, 0.15) is 5.56 Å². The fraction of sp³-hybridized carbons (Fsp3) is 0.538. The van der Waals surface area contributed by atoms with E-state index in [0.717, 1.165) is 12.8 Å². The van der Waals surface area contributed by atoms with Crippen molar-refractivity contribution in [2.75, 3.05) is 7.11 Å². The predicted molar refractivity (Wildman–Crippen MR) is 65.6 cm³/mol. The zero-order chi connectivity index (χ0) is 13.1. The van der Waals surface area contributed by atoms with Crippen LogP contribution in [0.4, 0.5) is 0 Å². The number of aromatic nitrogens is 1. The summed E-state index contributed by atoms with van der Waals surface area (Å²) in [4.78, 5) is 23.6. The molecule has 0 spiro atoms. The average molecular weight is 251 g/mol. The lowest BCUT2D eigenvalue weighted by molar-refractivity contribution is 0.0596. The molecule has 0 saturated heterocycles. The van der Waals surface area contributed by atoms with Gasteiger partial charge in [-0.25, -0.2) is 4.79 Å². The van der Waals surface area contributed by atoms with Gasteiger partial charge in [-0.05, 0) is 37.8 Å². The molecule has 1 aromatic rings. The highest BCUT2D eigenvalue weighted by Gasteiger charge is 2.23. The van der Waals surface area contributed by atoms with Crippen molar-refractivity contribution in [3.05, 3.63) is 34.2 Å². The normalized spacial score (nSPS) is 23.7. The van der Waals surface area contributed by atoms with E-state index in [2.05, 4.69) is 4.74 Å². The molecular weight excluding hydrogens is 234 g/mol. The number of esters is 1. The second kappa shape index (κ2) is 5.35. The lowest BCUT2D eigenvalue weighted by Crippen LogP contribution is -2.32. The van der Waals surface area contributed by atoms with Crippen LogP contribution in [0.5, 0.6) is 0 Å². The van der Waals surface area contributed by atoms with Crippen molar-refractivity contribution in [2.45, 2.75) is 37.8 Å². The lowest BCUT2D eigenvalue weighted by atomic mass is 9.93. The third kappa shape index (κ3) is 2.46. The van der Waals surface area contributed by atoms with E-state index in [1.807, 2.05) is 0 Å². The fourth-order valence-electron chi connectivity index (χ4n) is 2.40. The van der Waals surface area contributed by atoms with E-state index in [4.69, 9.17) is 0 Å². The highest BCUT2D eigenvalue weighted by molar-refractivity contribution is 5.88. The third-order valence-electron chi connectivity index (χ3n) is 3.44. The van der Waals surface area contributed by atoms with Gasteiger partial charge < -0.3 is 14.4 Å². The first kappa shape index (κ1) is 12.8. The average Bonchev–Trinajstić information content (AvgIpc) is 2.39. The topological polar surface area (TPSA) is 68.5 Å². The van der Waals surface area contributed by atoms with Crippen molar-refractivity contribution < 1.29 is 14.6 Å². The van der Waals surface area contributed by atoms with Gasteiger partial charge in [0, 0.05) is 12.2 Å². The van der Waals surface area contributed by atoms with E-state index in [0.29, 0.717) is 12.8 Å². The Kier molecular flexibility index (Phi) is 3.81. The molecule has 5 nitrogen and oxygen atoms in total. The first-order valence-corrected chi connectivity index (χ1v) is 6.11. The Labute approximate surface area is 105 Å². The van der Waals surface area contributed by atoms with Crippen molar-refractivity contribution in [2.24, 2.45) is 0 Å². The summed E-state index contributed by atoms with van der Waals surface area (Å²) in [6, 6.07) is 3.21. The van der Waals surface area contributed by atoms with Gasteiger partial charge in [0.15, 0.2) is 0 Å². The van der Waals surface area contributed by atoms with Gasteiger partial charge in [0.05, 0.1) is 13.2 Å². The molecule has 1 fully saturated rings. The summed E-state index contributed by atoms with van der Waals surface area (Å²) in [5.74, 6) is -0.606. The van der Waals surface area contributed by atoms with Crippen LogP contribution in [0, 0.1) is 0 Å². The molecule has 1 aromatic heterocycles. The highest BCUT2D eigenvalue weighted by atomic mass is 16.5. The van der Waals surface area contributed by atoms with Crippen molar-refractivity contribution in [3.8, 4) is 0 Å². The second-order valence-corrected chi connectivity index (χ2v) is 4.59. The Morgan fingerprint density at radius 3 is 2.67 bits per heavy atom. The van der Waals surface area contributed by atoms with E-state index in [1.165, 1.54) is 13.2 Å². The Balaban J connectivity index is 2.29. The number of aliphatic hydroxyl groups is 1. The highest BCUT2D eigenvalue weighted by Crippen LogP contribution is 2.27. The van der Waals surface area contributed by atoms with Crippen LogP contribution >= 0.6 is 0 Å². The molecule has 0 aliphatic heterocycles. The predicted octanol–water partition coefficient (Wildman–Crippen LogP) is 1.11. The van der Waals surface area contributed by atoms with Crippen LogP contribution in [0.15, 0.2) is 23.1 Å². The minimum atomic E-state index is -0.606. The molecule has 1 N–H and O–H groups in total. The monoisotopic (exact) mass is 251 g/mol. The SMILES string of the molecule is COC(=O)c1cccn([C@H]2CC[C@@H](O)CC2)c1=O. The molecule has 0 radical (unpaired) electrons. The van der Waals surface area contributed by atoms with E-state index in [9.17, 15) is 14.7 Å². The molecule has 1 aliphatic carbocycles. The van der Waals surface area contributed by atoms with Crippen molar-refractivity contribution >= 4 is 5.97 Å². The molecule has 0 bridgehead atoms. The number of hydrogen-bond acceptors (Lipinski definition) is 4. The quantitative estimate of drug-likeness (QED) is 0.799. The molecular formula is C13H17NO4. The van der Waals surface area contributed by atoms with Crippen LogP contribution in [0.25, 0.3) is 0 Å². The largest absolute Gasteiger partial charge is 0.465 e. The molecule has 1 saturated carbocycles. The van der Waals surface area contributed by atoms with Gasteiger partial charge in [-0.3, -0.25) is 4.79 Å². The van der Waals surface area contributed by atoms with Crippen LogP contribution in [0.3, 0.4) is 0 Å². The Morgan fingerprint density at radius 1 is 1.39 bits per heavy atom. The zero-order valence-corrected chi connectivity index (χ0v) is 10.3. The van der Waals surface area contributed by atoms with Crippen LogP contribution in [0.1, 0.15) is 42.1 Å². The van der Waals surface area contributed by atoms with Crippen LogP contribution in [-0.2, 0) is 4.74 Å². The smallest absolute Gasteiger partial charge is 0.343 e. The molecule has 0 aromatic carbocycles. The van der Waals surface area contributed by atoms with Gasteiger partial charge in [0.2, 0.25) is 0 Å². The summed E-state index contributed by atoms with van der Waals surface area (Å²) in [6.45, 7) is 0. The first-order valence-electron chi connectivity index (χ1n) is 6.11. The lowest BCUT2D eigenvalue weighted by Gasteiger charge is -2.27. The van der Waals surface area contributed by atoms with Crippen molar-refractivity contribution in [3.63, 3.8) is 0 Å². The standard InChI is InChI=1S/C13H17NO4/c1-18-13(17)11-3-2-8-14(12(11)16)9-4-6-10(15)7-5-9/h2-3,8-10,15H,4-7H2,1H3/t9-,10+. The molecule has 0 amide bonds.